The fraction of sp³-hybridized carbons (Fsp3) is 0.550. The number of halogens is 1. The number of fused-ring (bicyclic) bond motifs is 4. The number of nitrogens with one attached hydrogen (secondary N) is 1. The molecule has 1 amide bonds. The minimum Gasteiger partial charge on any atom is -0.346 e. The van der Waals surface area contributed by atoms with Crippen LogP contribution in [0.15, 0.2) is 29.1 Å². The average Bonchev–Trinajstić information content (AvgIpc) is 2.68. The Morgan fingerprint density at radius 1 is 1.26 bits per heavy atom. The lowest BCUT2D eigenvalue weighted by molar-refractivity contribution is 0.0616. The first-order chi connectivity index (χ1) is 12.7. The molecular formula is C20H27ClN4O2. The molecule has 6 nitrogen and oxygen atoms in total. The highest BCUT2D eigenvalue weighted by Gasteiger charge is 2.35. The van der Waals surface area contributed by atoms with E-state index in [1.165, 1.54) is 0 Å². The summed E-state index contributed by atoms with van der Waals surface area (Å²) >= 11 is 0. The molecule has 0 saturated carbocycles. The Morgan fingerprint density at radius 3 is 2.67 bits per heavy atom. The molecule has 3 aliphatic rings. The van der Waals surface area contributed by atoms with Gasteiger partial charge in [-0.1, -0.05) is 25.5 Å². The number of nitrogens with zero attached hydrogens (tertiary/aromatic N) is 3. The molecule has 2 bridgehead atoms. The third-order valence-corrected chi connectivity index (χ3v) is 5.77. The van der Waals surface area contributed by atoms with Crippen LogP contribution in [0.1, 0.15) is 43.1 Å². The molecule has 1 unspecified atom stereocenters. The highest BCUT2D eigenvalue weighted by atomic mass is 35.5. The molecule has 1 atom stereocenters. The second-order valence-electron chi connectivity index (χ2n) is 7.49. The van der Waals surface area contributed by atoms with Crippen LogP contribution >= 0.6 is 12.4 Å². The van der Waals surface area contributed by atoms with E-state index in [1.54, 1.807) is 6.07 Å². The van der Waals surface area contributed by atoms with Crippen LogP contribution in [0, 0.1) is 5.92 Å². The van der Waals surface area contributed by atoms with E-state index in [9.17, 15) is 9.59 Å². The van der Waals surface area contributed by atoms with Gasteiger partial charge >= 0.3 is 0 Å². The molecule has 5 rings (SSSR count). The van der Waals surface area contributed by atoms with Gasteiger partial charge in [-0.05, 0) is 50.4 Å². The third-order valence-electron chi connectivity index (χ3n) is 5.77. The second-order valence-corrected chi connectivity index (χ2v) is 7.49. The first-order valence-electron chi connectivity index (χ1n) is 9.70. The SMILES string of the molecule is CCCCn1nc(C(=O)NC2CN3CCC2CC3)c(=O)c2ccccc21.Cl. The highest BCUT2D eigenvalue weighted by Crippen LogP contribution is 2.27. The molecule has 3 saturated heterocycles. The molecule has 27 heavy (non-hydrogen) atoms. The average molecular weight is 391 g/mol. The molecule has 146 valence electrons. The second kappa shape index (κ2) is 8.40. The molecule has 4 heterocycles. The molecule has 7 heteroatoms. The number of rotatable bonds is 5. The lowest BCUT2D eigenvalue weighted by atomic mass is 9.84. The Hall–Kier alpha value is -1.92. The number of carbonyl (C=O) groups is 1. The number of carbonyl (C=O) groups excluding carboxylic acids is 1. The molecule has 3 aliphatic heterocycles. The maximum atomic E-state index is 12.9. The van der Waals surface area contributed by atoms with Gasteiger partial charge in [-0.15, -0.1) is 12.4 Å². The van der Waals surface area contributed by atoms with Crippen LogP contribution in [-0.2, 0) is 6.54 Å². The Morgan fingerprint density at radius 2 is 2.00 bits per heavy atom. The molecule has 1 aromatic heterocycles. The quantitative estimate of drug-likeness (QED) is 0.851. The topological polar surface area (TPSA) is 67.2 Å². The van der Waals surface area contributed by atoms with Crippen LogP contribution in [0.4, 0.5) is 0 Å². The molecule has 1 N–H and O–H groups in total. The Labute approximate surface area is 165 Å². The van der Waals surface area contributed by atoms with Crippen molar-refractivity contribution in [2.75, 3.05) is 19.6 Å². The molecule has 3 fully saturated rings. The van der Waals surface area contributed by atoms with Gasteiger partial charge in [-0.25, -0.2) is 0 Å². The maximum absolute atomic E-state index is 12.9. The largest absolute Gasteiger partial charge is 0.346 e. The standard InChI is InChI=1S/C20H26N4O2.ClH/c1-2-3-10-24-17-7-5-4-6-15(17)19(25)18(22-24)20(26)21-16-13-23-11-8-14(16)9-12-23;/h4-7,14,16H,2-3,8-13H2,1H3,(H,21,26);1H. The van der Waals surface area contributed by atoms with Gasteiger partial charge in [-0.2, -0.15) is 5.10 Å². The first kappa shape index (κ1) is 19.8. The van der Waals surface area contributed by atoms with Crippen LogP contribution in [0.3, 0.4) is 0 Å². The van der Waals surface area contributed by atoms with E-state index in [1.807, 2.05) is 22.9 Å². The van der Waals surface area contributed by atoms with E-state index in [-0.39, 0.29) is 35.5 Å². The summed E-state index contributed by atoms with van der Waals surface area (Å²) in [7, 11) is 0. The number of aryl methyl sites for hydroxylation is 1. The number of hydrogen-bond donors (Lipinski definition) is 1. The monoisotopic (exact) mass is 390 g/mol. The Balaban J connectivity index is 0.00000210. The number of para-hydroxylation sites is 1. The van der Waals surface area contributed by atoms with Crippen molar-refractivity contribution in [2.45, 2.75) is 45.2 Å². The summed E-state index contributed by atoms with van der Waals surface area (Å²) in [5.74, 6) is 0.191. The zero-order valence-electron chi connectivity index (χ0n) is 15.7. The summed E-state index contributed by atoms with van der Waals surface area (Å²) in [6.45, 7) is 5.95. The summed E-state index contributed by atoms with van der Waals surface area (Å²) in [5.41, 5.74) is 0.550. The number of amides is 1. The van der Waals surface area contributed by atoms with Gasteiger partial charge in [0.15, 0.2) is 5.69 Å². The predicted octanol–water partition coefficient (Wildman–Crippen LogP) is 2.44. The van der Waals surface area contributed by atoms with Crippen molar-refractivity contribution < 1.29 is 4.79 Å². The molecule has 0 radical (unpaired) electrons. The zero-order chi connectivity index (χ0) is 18.1. The van der Waals surface area contributed by atoms with Gasteiger partial charge in [0.25, 0.3) is 5.91 Å². The van der Waals surface area contributed by atoms with Crippen molar-refractivity contribution in [1.29, 1.82) is 0 Å². The van der Waals surface area contributed by atoms with Crippen molar-refractivity contribution in [1.82, 2.24) is 20.0 Å². The first-order valence-corrected chi connectivity index (χ1v) is 9.70. The summed E-state index contributed by atoms with van der Waals surface area (Å²) in [6, 6.07) is 7.55. The van der Waals surface area contributed by atoms with Crippen molar-refractivity contribution in [3.8, 4) is 0 Å². The minimum atomic E-state index is -0.329. The third kappa shape index (κ3) is 3.87. The lowest BCUT2D eigenvalue weighted by Gasteiger charge is -2.44. The number of benzene rings is 1. The van der Waals surface area contributed by atoms with Gasteiger partial charge in [0.1, 0.15) is 0 Å². The Kier molecular flexibility index (Phi) is 6.17. The van der Waals surface area contributed by atoms with E-state index < -0.39 is 0 Å². The van der Waals surface area contributed by atoms with Gasteiger partial charge < -0.3 is 10.2 Å². The van der Waals surface area contributed by atoms with E-state index >= 15 is 0 Å². The van der Waals surface area contributed by atoms with Crippen LogP contribution in [0.25, 0.3) is 10.9 Å². The molecular weight excluding hydrogens is 364 g/mol. The van der Waals surface area contributed by atoms with Crippen LogP contribution in [-0.4, -0.2) is 46.3 Å². The lowest BCUT2D eigenvalue weighted by Crippen LogP contribution is -2.57. The number of unbranched alkanes of at least 4 members (excludes halogenated alkanes) is 1. The summed E-state index contributed by atoms with van der Waals surface area (Å²) in [4.78, 5) is 28.1. The predicted molar refractivity (Wildman–Crippen MR) is 109 cm³/mol. The molecule has 2 aromatic rings. The van der Waals surface area contributed by atoms with E-state index in [0.717, 1.165) is 50.8 Å². The van der Waals surface area contributed by atoms with E-state index in [4.69, 9.17) is 0 Å². The fourth-order valence-electron chi connectivity index (χ4n) is 4.23. The fourth-order valence-corrected chi connectivity index (χ4v) is 4.23. The number of aromatic nitrogens is 2. The molecule has 0 spiro atoms. The van der Waals surface area contributed by atoms with Crippen molar-refractivity contribution in [3.63, 3.8) is 0 Å². The minimum absolute atomic E-state index is 0. The van der Waals surface area contributed by atoms with E-state index in [0.29, 0.717) is 17.8 Å². The van der Waals surface area contributed by atoms with Crippen LogP contribution in [0.5, 0.6) is 0 Å². The number of hydrogen-bond acceptors (Lipinski definition) is 4. The summed E-state index contributed by atoms with van der Waals surface area (Å²) in [5, 5.41) is 8.11. The van der Waals surface area contributed by atoms with Gasteiger partial charge in [0.05, 0.1) is 5.52 Å². The van der Waals surface area contributed by atoms with Gasteiger partial charge in [-0.3, -0.25) is 14.3 Å². The molecule has 1 aromatic carbocycles. The van der Waals surface area contributed by atoms with Crippen molar-refractivity contribution in [3.05, 3.63) is 40.2 Å². The van der Waals surface area contributed by atoms with E-state index in [2.05, 4.69) is 22.2 Å². The van der Waals surface area contributed by atoms with Crippen LogP contribution in [0.2, 0.25) is 0 Å². The summed E-state index contributed by atoms with van der Waals surface area (Å²) in [6.07, 6.45) is 4.23. The van der Waals surface area contributed by atoms with Crippen molar-refractivity contribution in [2.24, 2.45) is 5.92 Å². The molecule has 0 aliphatic carbocycles. The normalized spacial score (nSPS) is 23.8. The zero-order valence-corrected chi connectivity index (χ0v) is 16.5. The van der Waals surface area contributed by atoms with Crippen LogP contribution < -0.4 is 10.7 Å². The summed E-state index contributed by atoms with van der Waals surface area (Å²) < 4.78 is 1.81. The van der Waals surface area contributed by atoms with Crippen molar-refractivity contribution >= 4 is 29.2 Å². The smallest absolute Gasteiger partial charge is 0.276 e. The van der Waals surface area contributed by atoms with Gasteiger partial charge in [0, 0.05) is 24.5 Å². The maximum Gasteiger partial charge on any atom is 0.276 e. The van der Waals surface area contributed by atoms with Gasteiger partial charge in [0.2, 0.25) is 5.43 Å². The highest BCUT2D eigenvalue weighted by molar-refractivity contribution is 5.95. The Bertz CT molecular complexity index is 874. The number of piperidine rings is 3.